The molecule has 0 aliphatic carbocycles. The minimum Gasteiger partial charge on any atom is -0.497 e. The predicted octanol–water partition coefficient (Wildman–Crippen LogP) is 4.14. The van der Waals surface area contributed by atoms with E-state index in [0.717, 1.165) is 37.0 Å². The molecule has 0 spiro atoms. The molecule has 1 atom stereocenters. The van der Waals surface area contributed by atoms with Gasteiger partial charge in [-0.25, -0.2) is 12.8 Å². The predicted molar refractivity (Wildman–Crippen MR) is 94.5 cm³/mol. The number of hydrogen-bond donors (Lipinski definition) is 0. The van der Waals surface area contributed by atoms with E-state index in [2.05, 4.69) is 0 Å². The van der Waals surface area contributed by atoms with E-state index in [-0.39, 0.29) is 10.9 Å². The fourth-order valence-electron chi connectivity index (χ4n) is 3.27. The van der Waals surface area contributed by atoms with E-state index in [1.807, 2.05) is 24.3 Å². The molecule has 0 bridgehead atoms. The number of sulfonamides is 1. The van der Waals surface area contributed by atoms with Crippen molar-refractivity contribution in [2.24, 2.45) is 0 Å². The number of methoxy groups -OCH3 is 1. The molecule has 4 nitrogen and oxygen atoms in total. The Hall–Kier alpha value is -1.92. The van der Waals surface area contributed by atoms with Gasteiger partial charge in [0.1, 0.15) is 11.6 Å². The molecule has 6 heteroatoms. The monoisotopic (exact) mass is 363 g/mol. The molecule has 1 unspecified atom stereocenters. The van der Waals surface area contributed by atoms with Gasteiger partial charge in [0, 0.05) is 6.54 Å². The minimum absolute atomic E-state index is 0.134. The standard InChI is InChI=1S/C19H22FNO3S/c1-24-17-10-6-15(7-11-17)19-5-3-2-4-14-21(19)25(22,23)18-12-8-16(20)9-13-18/h6-13,19H,2-5,14H2,1H3. The molecule has 0 aromatic heterocycles. The first-order chi connectivity index (χ1) is 12.0. The lowest BCUT2D eigenvalue weighted by Crippen LogP contribution is -2.34. The van der Waals surface area contributed by atoms with Crippen molar-refractivity contribution in [2.45, 2.75) is 36.6 Å². The number of nitrogens with zero attached hydrogens (tertiary/aromatic N) is 1. The first-order valence-electron chi connectivity index (χ1n) is 8.44. The van der Waals surface area contributed by atoms with E-state index in [9.17, 15) is 12.8 Å². The van der Waals surface area contributed by atoms with E-state index in [0.29, 0.717) is 6.54 Å². The van der Waals surface area contributed by atoms with Gasteiger partial charge in [0.2, 0.25) is 10.0 Å². The maximum absolute atomic E-state index is 13.2. The molecule has 134 valence electrons. The summed E-state index contributed by atoms with van der Waals surface area (Å²) in [6, 6.07) is 12.4. The van der Waals surface area contributed by atoms with E-state index < -0.39 is 15.8 Å². The van der Waals surface area contributed by atoms with Crippen molar-refractivity contribution in [3.63, 3.8) is 0 Å². The van der Waals surface area contributed by atoms with Crippen molar-refractivity contribution in [3.8, 4) is 5.75 Å². The van der Waals surface area contributed by atoms with E-state index in [1.165, 1.54) is 24.3 Å². The summed E-state index contributed by atoms with van der Waals surface area (Å²) in [5, 5.41) is 0. The summed E-state index contributed by atoms with van der Waals surface area (Å²) in [4.78, 5) is 0.134. The zero-order valence-corrected chi connectivity index (χ0v) is 15.0. The van der Waals surface area contributed by atoms with Crippen LogP contribution in [0.25, 0.3) is 0 Å². The summed E-state index contributed by atoms with van der Waals surface area (Å²) in [5.41, 5.74) is 0.952. The average molecular weight is 363 g/mol. The lowest BCUT2D eigenvalue weighted by molar-refractivity contribution is 0.328. The topological polar surface area (TPSA) is 46.6 Å². The lowest BCUT2D eigenvalue weighted by atomic mass is 10.0. The van der Waals surface area contributed by atoms with Crippen LogP contribution in [0.1, 0.15) is 37.3 Å². The molecule has 0 amide bonds. The summed E-state index contributed by atoms with van der Waals surface area (Å²) in [7, 11) is -2.08. The van der Waals surface area contributed by atoms with Crippen molar-refractivity contribution in [2.75, 3.05) is 13.7 Å². The molecule has 0 N–H and O–H groups in total. The van der Waals surface area contributed by atoms with Crippen LogP contribution in [-0.2, 0) is 10.0 Å². The van der Waals surface area contributed by atoms with Gasteiger partial charge < -0.3 is 4.74 Å². The van der Waals surface area contributed by atoms with Crippen LogP contribution >= 0.6 is 0 Å². The quantitative estimate of drug-likeness (QED) is 0.820. The maximum atomic E-state index is 13.2. The SMILES string of the molecule is COc1ccc(C2CCCCCN2S(=O)(=O)c2ccc(F)cc2)cc1. The molecule has 0 saturated carbocycles. The summed E-state index contributed by atoms with van der Waals surface area (Å²) in [6.07, 6.45) is 3.58. The summed E-state index contributed by atoms with van der Waals surface area (Å²) >= 11 is 0. The van der Waals surface area contributed by atoms with Crippen LogP contribution < -0.4 is 4.74 Å². The van der Waals surface area contributed by atoms with E-state index in [4.69, 9.17) is 4.74 Å². The van der Waals surface area contributed by atoms with Crippen LogP contribution in [-0.4, -0.2) is 26.4 Å². The fraction of sp³-hybridized carbons (Fsp3) is 0.368. The third-order valence-corrected chi connectivity index (χ3v) is 6.55. The number of rotatable bonds is 4. The Balaban J connectivity index is 1.98. The van der Waals surface area contributed by atoms with Crippen LogP contribution in [0.2, 0.25) is 0 Å². The number of hydrogen-bond acceptors (Lipinski definition) is 3. The van der Waals surface area contributed by atoms with Crippen LogP contribution in [0.15, 0.2) is 53.4 Å². The highest BCUT2D eigenvalue weighted by atomic mass is 32.2. The molecule has 1 aliphatic rings. The van der Waals surface area contributed by atoms with Crippen LogP contribution in [0, 0.1) is 5.82 Å². The normalized spacial score (nSPS) is 19.4. The third-order valence-electron chi connectivity index (χ3n) is 4.62. The molecule has 1 saturated heterocycles. The van der Waals surface area contributed by atoms with Crippen LogP contribution in [0.5, 0.6) is 5.75 Å². The van der Waals surface area contributed by atoms with E-state index in [1.54, 1.807) is 11.4 Å². The summed E-state index contributed by atoms with van der Waals surface area (Å²) < 4.78 is 46.2. The van der Waals surface area contributed by atoms with Gasteiger partial charge in [-0.05, 0) is 54.8 Å². The summed E-state index contributed by atoms with van der Waals surface area (Å²) in [5.74, 6) is 0.298. The molecule has 1 heterocycles. The highest BCUT2D eigenvalue weighted by Crippen LogP contribution is 2.35. The van der Waals surface area contributed by atoms with Gasteiger partial charge in [-0.1, -0.05) is 25.0 Å². The van der Waals surface area contributed by atoms with Gasteiger partial charge >= 0.3 is 0 Å². The number of ether oxygens (including phenoxy) is 1. The molecule has 3 rings (SSSR count). The molecule has 2 aromatic rings. The smallest absolute Gasteiger partial charge is 0.243 e. The third kappa shape index (κ3) is 3.85. The molecular formula is C19H22FNO3S. The van der Waals surface area contributed by atoms with Crippen LogP contribution in [0.3, 0.4) is 0 Å². The molecular weight excluding hydrogens is 341 g/mol. The van der Waals surface area contributed by atoms with Gasteiger partial charge in [-0.2, -0.15) is 4.31 Å². The van der Waals surface area contributed by atoms with Gasteiger partial charge in [-0.3, -0.25) is 0 Å². The van der Waals surface area contributed by atoms with Crippen LogP contribution in [0.4, 0.5) is 4.39 Å². The Bertz CT molecular complexity index is 804. The largest absolute Gasteiger partial charge is 0.497 e. The Morgan fingerprint density at radius 1 is 1.00 bits per heavy atom. The number of halogens is 1. The zero-order valence-electron chi connectivity index (χ0n) is 14.2. The Labute approximate surface area is 148 Å². The average Bonchev–Trinajstić information content (AvgIpc) is 2.89. The second-order valence-corrected chi connectivity index (χ2v) is 8.10. The highest BCUT2D eigenvalue weighted by molar-refractivity contribution is 7.89. The molecule has 1 fully saturated rings. The van der Waals surface area contributed by atoms with Gasteiger partial charge in [0.25, 0.3) is 0 Å². The molecule has 2 aromatic carbocycles. The minimum atomic E-state index is -3.68. The van der Waals surface area contributed by atoms with Crippen molar-refractivity contribution in [1.29, 1.82) is 0 Å². The second-order valence-electron chi connectivity index (χ2n) is 6.21. The Kier molecular flexibility index (Phi) is 5.39. The lowest BCUT2D eigenvalue weighted by Gasteiger charge is -2.29. The highest BCUT2D eigenvalue weighted by Gasteiger charge is 2.33. The molecule has 0 radical (unpaired) electrons. The molecule has 1 aliphatic heterocycles. The fourth-order valence-corrected chi connectivity index (χ4v) is 4.95. The van der Waals surface area contributed by atoms with Gasteiger partial charge in [0.05, 0.1) is 18.0 Å². The van der Waals surface area contributed by atoms with Gasteiger partial charge in [-0.15, -0.1) is 0 Å². The number of benzene rings is 2. The van der Waals surface area contributed by atoms with Crippen molar-refractivity contribution >= 4 is 10.0 Å². The van der Waals surface area contributed by atoms with Crippen molar-refractivity contribution in [1.82, 2.24) is 4.31 Å². The first-order valence-corrected chi connectivity index (χ1v) is 9.88. The van der Waals surface area contributed by atoms with Gasteiger partial charge in [0.15, 0.2) is 0 Å². The maximum Gasteiger partial charge on any atom is 0.243 e. The molecule has 25 heavy (non-hydrogen) atoms. The summed E-state index contributed by atoms with van der Waals surface area (Å²) in [6.45, 7) is 0.469. The van der Waals surface area contributed by atoms with E-state index >= 15 is 0 Å². The van der Waals surface area contributed by atoms with Crippen molar-refractivity contribution in [3.05, 3.63) is 59.9 Å². The van der Waals surface area contributed by atoms with Crippen molar-refractivity contribution < 1.29 is 17.5 Å². The zero-order chi connectivity index (χ0) is 17.9. The first kappa shape index (κ1) is 17.9. The Morgan fingerprint density at radius 2 is 1.68 bits per heavy atom. The Morgan fingerprint density at radius 3 is 2.32 bits per heavy atom. The second kappa shape index (κ2) is 7.54.